The lowest BCUT2D eigenvalue weighted by Gasteiger charge is -2.36. The van der Waals surface area contributed by atoms with Gasteiger partial charge in [0.15, 0.2) is 0 Å². The molecule has 0 spiro atoms. The first-order valence-corrected chi connectivity index (χ1v) is 7.37. The Morgan fingerprint density at radius 1 is 1.52 bits per heavy atom. The van der Waals surface area contributed by atoms with Crippen molar-refractivity contribution in [3.05, 3.63) is 17.5 Å². The smallest absolute Gasteiger partial charge is 0.378 e. The van der Waals surface area contributed by atoms with Gasteiger partial charge in [0, 0.05) is 19.2 Å². The number of amides is 1. The monoisotopic (exact) mass is 335 g/mol. The topological polar surface area (TPSA) is 58.8 Å². The van der Waals surface area contributed by atoms with Crippen LogP contribution < -0.4 is 0 Å². The molecule has 1 aliphatic heterocycles. The van der Waals surface area contributed by atoms with Gasteiger partial charge in [-0.3, -0.25) is 9.69 Å². The summed E-state index contributed by atoms with van der Waals surface area (Å²) < 4.78 is 48.0. The Hall–Kier alpha value is -1.61. The number of likely N-dealkylation sites (N-methyl/N-ethyl adjacent to an activating group) is 1. The second kappa shape index (κ2) is 7.31. The summed E-state index contributed by atoms with van der Waals surface area (Å²) in [6.07, 6.45) is -2.24. The minimum Gasteiger partial charge on any atom is -0.378 e. The van der Waals surface area contributed by atoms with Crippen molar-refractivity contribution in [3.8, 4) is 0 Å². The molecule has 0 saturated carbocycles. The summed E-state index contributed by atoms with van der Waals surface area (Å²) in [5.74, 6) is -0.405. The highest BCUT2D eigenvalue weighted by atomic mass is 19.4. The largest absolute Gasteiger partial charge is 0.401 e. The molecule has 0 N–H and O–H groups in total. The van der Waals surface area contributed by atoms with E-state index in [0.717, 1.165) is 16.2 Å². The molecule has 9 heteroatoms. The average Bonchev–Trinajstić information content (AvgIpc) is 2.92. The molecule has 2 rings (SSSR count). The van der Waals surface area contributed by atoms with Crippen molar-refractivity contribution in [2.24, 2.45) is 0 Å². The molecule has 0 aliphatic carbocycles. The highest BCUT2D eigenvalue weighted by Gasteiger charge is 2.39. The van der Waals surface area contributed by atoms with E-state index in [1.807, 2.05) is 6.92 Å². The zero-order chi connectivity index (χ0) is 17.0. The third-order valence-electron chi connectivity index (χ3n) is 3.75. The zero-order valence-electron chi connectivity index (χ0n) is 13.1. The van der Waals surface area contributed by atoms with Crippen molar-refractivity contribution in [2.45, 2.75) is 32.1 Å². The molecule has 1 unspecified atom stereocenters. The van der Waals surface area contributed by atoms with Crippen LogP contribution in [0.1, 0.15) is 18.2 Å². The van der Waals surface area contributed by atoms with Crippen LogP contribution in [0.25, 0.3) is 0 Å². The molecule has 1 amide bonds. The van der Waals surface area contributed by atoms with E-state index in [0.29, 0.717) is 6.42 Å². The highest BCUT2D eigenvalue weighted by Crippen LogP contribution is 2.21. The van der Waals surface area contributed by atoms with E-state index in [1.165, 1.54) is 11.2 Å². The second-order valence-electron chi connectivity index (χ2n) is 5.51. The van der Waals surface area contributed by atoms with E-state index < -0.39 is 24.7 Å². The summed E-state index contributed by atoms with van der Waals surface area (Å²) in [6.45, 7) is 1.26. The van der Waals surface area contributed by atoms with Crippen LogP contribution in [0.5, 0.6) is 0 Å². The molecule has 0 aromatic carbocycles. The number of hydrogen-bond donors (Lipinski definition) is 0. The van der Waals surface area contributed by atoms with E-state index in [9.17, 15) is 18.0 Å². The van der Waals surface area contributed by atoms with Crippen LogP contribution in [-0.4, -0.2) is 66.4 Å². The number of alkyl halides is 3. The predicted molar refractivity (Wildman–Crippen MR) is 74.6 cm³/mol. The zero-order valence-corrected chi connectivity index (χ0v) is 13.1. The summed E-state index contributed by atoms with van der Waals surface area (Å²) in [4.78, 5) is 15.0. The van der Waals surface area contributed by atoms with Crippen molar-refractivity contribution in [2.75, 3.05) is 33.4 Å². The van der Waals surface area contributed by atoms with Crippen molar-refractivity contribution >= 4 is 5.91 Å². The van der Waals surface area contributed by atoms with E-state index in [4.69, 9.17) is 9.26 Å². The SMILES string of the molecule is CCc1nocc1CN(C)C(=O)C1COCCN1CC(F)(F)F. The summed E-state index contributed by atoms with van der Waals surface area (Å²) >= 11 is 0. The second-order valence-corrected chi connectivity index (χ2v) is 5.51. The molecule has 6 nitrogen and oxygen atoms in total. The van der Waals surface area contributed by atoms with Crippen molar-refractivity contribution in [1.82, 2.24) is 15.0 Å². The van der Waals surface area contributed by atoms with Gasteiger partial charge in [-0.15, -0.1) is 0 Å². The lowest BCUT2D eigenvalue weighted by Crippen LogP contribution is -2.56. The van der Waals surface area contributed by atoms with Crippen LogP contribution in [0.2, 0.25) is 0 Å². The molecule has 1 atom stereocenters. The lowest BCUT2D eigenvalue weighted by molar-refractivity contribution is -0.170. The Kier molecular flexibility index (Phi) is 5.64. The maximum absolute atomic E-state index is 12.7. The lowest BCUT2D eigenvalue weighted by atomic mass is 10.1. The molecule has 130 valence electrons. The van der Waals surface area contributed by atoms with Gasteiger partial charge < -0.3 is 14.2 Å². The van der Waals surface area contributed by atoms with Gasteiger partial charge in [-0.2, -0.15) is 13.2 Å². The number of aryl methyl sites for hydroxylation is 1. The van der Waals surface area contributed by atoms with E-state index in [2.05, 4.69) is 5.16 Å². The number of aromatic nitrogens is 1. The van der Waals surface area contributed by atoms with Crippen LogP contribution in [0.15, 0.2) is 10.8 Å². The molecular formula is C14H20F3N3O3. The fourth-order valence-electron chi connectivity index (χ4n) is 2.57. The fourth-order valence-corrected chi connectivity index (χ4v) is 2.57. The van der Waals surface area contributed by atoms with Gasteiger partial charge in [-0.1, -0.05) is 12.1 Å². The molecule has 23 heavy (non-hydrogen) atoms. The van der Waals surface area contributed by atoms with Crippen molar-refractivity contribution < 1.29 is 27.2 Å². The summed E-state index contributed by atoms with van der Waals surface area (Å²) in [5, 5.41) is 3.83. The van der Waals surface area contributed by atoms with E-state index >= 15 is 0 Å². The van der Waals surface area contributed by atoms with Crippen LogP contribution in [0.4, 0.5) is 13.2 Å². The first kappa shape index (κ1) is 17.7. The maximum Gasteiger partial charge on any atom is 0.401 e. The minimum absolute atomic E-state index is 0.0382. The van der Waals surface area contributed by atoms with Gasteiger partial charge >= 0.3 is 6.18 Å². The number of hydrogen-bond acceptors (Lipinski definition) is 5. The van der Waals surface area contributed by atoms with Gasteiger partial charge in [-0.05, 0) is 6.42 Å². The van der Waals surface area contributed by atoms with Crippen LogP contribution in [0.3, 0.4) is 0 Å². The Bertz CT molecular complexity index is 533. The molecule has 0 bridgehead atoms. The Morgan fingerprint density at radius 2 is 2.26 bits per heavy atom. The maximum atomic E-state index is 12.7. The van der Waals surface area contributed by atoms with Crippen molar-refractivity contribution in [1.29, 1.82) is 0 Å². The highest BCUT2D eigenvalue weighted by molar-refractivity contribution is 5.82. The molecule has 2 heterocycles. The third kappa shape index (κ3) is 4.68. The van der Waals surface area contributed by atoms with E-state index in [-0.39, 0.29) is 26.3 Å². The van der Waals surface area contributed by atoms with E-state index in [1.54, 1.807) is 7.05 Å². The van der Waals surface area contributed by atoms with Gasteiger partial charge in [0.25, 0.3) is 0 Å². The number of morpholine rings is 1. The fraction of sp³-hybridized carbons (Fsp3) is 0.714. The summed E-state index contributed by atoms with van der Waals surface area (Å²) in [5.41, 5.74) is 1.49. The molecule has 0 radical (unpaired) electrons. The minimum atomic E-state index is -4.35. The Balaban J connectivity index is 2.04. The summed E-state index contributed by atoms with van der Waals surface area (Å²) in [6, 6.07) is -0.930. The number of rotatable bonds is 5. The van der Waals surface area contributed by atoms with Gasteiger partial charge in [0.05, 0.1) is 32.0 Å². The number of nitrogens with zero attached hydrogens (tertiary/aromatic N) is 3. The standard InChI is InChI=1S/C14H20F3N3O3/c1-3-11-10(7-23-18-11)6-19(2)13(21)12-8-22-5-4-20(12)9-14(15,16)17/h7,12H,3-6,8-9H2,1-2H3. The quantitative estimate of drug-likeness (QED) is 0.815. The first-order chi connectivity index (χ1) is 10.8. The molecule has 1 aromatic heterocycles. The number of carbonyl (C=O) groups excluding carboxylic acids is 1. The van der Waals surface area contributed by atoms with Crippen LogP contribution in [-0.2, 0) is 22.5 Å². The van der Waals surface area contributed by atoms with Crippen LogP contribution >= 0.6 is 0 Å². The van der Waals surface area contributed by atoms with Gasteiger partial charge in [0.2, 0.25) is 5.91 Å². The molecule has 1 saturated heterocycles. The van der Waals surface area contributed by atoms with Gasteiger partial charge in [0.1, 0.15) is 12.3 Å². The Labute approximate surface area is 132 Å². The predicted octanol–water partition coefficient (Wildman–Crippen LogP) is 1.46. The normalized spacial score (nSPS) is 19.8. The first-order valence-electron chi connectivity index (χ1n) is 7.37. The third-order valence-corrected chi connectivity index (χ3v) is 3.75. The van der Waals surface area contributed by atoms with Gasteiger partial charge in [-0.25, -0.2) is 0 Å². The Morgan fingerprint density at radius 3 is 2.91 bits per heavy atom. The molecule has 1 fully saturated rings. The summed E-state index contributed by atoms with van der Waals surface area (Å²) in [7, 11) is 1.55. The number of ether oxygens (including phenoxy) is 1. The molecular weight excluding hydrogens is 315 g/mol. The van der Waals surface area contributed by atoms with Crippen molar-refractivity contribution in [3.63, 3.8) is 0 Å². The van der Waals surface area contributed by atoms with Crippen LogP contribution in [0, 0.1) is 0 Å². The number of carbonyl (C=O) groups is 1. The average molecular weight is 335 g/mol. The molecule has 1 aliphatic rings. The number of halogens is 3. The molecule has 1 aromatic rings.